The largest absolute Gasteiger partial charge is 0.383 e. The molecule has 0 radical (unpaired) electrons. The lowest BCUT2D eigenvalue weighted by Gasteiger charge is -2.28. The first-order chi connectivity index (χ1) is 13.8. The second kappa shape index (κ2) is 8.97. The summed E-state index contributed by atoms with van der Waals surface area (Å²) in [5.74, 6) is 0. The monoisotopic (exact) mass is 414 g/mol. The minimum absolute atomic E-state index is 0.0630. The predicted octanol–water partition coefficient (Wildman–Crippen LogP) is 4.37. The van der Waals surface area contributed by atoms with Crippen LogP contribution < -0.4 is 5.32 Å². The molecule has 0 atom stereocenters. The number of rotatable bonds is 7. The van der Waals surface area contributed by atoms with Gasteiger partial charge in [-0.25, -0.2) is 9.78 Å². The van der Waals surface area contributed by atoms with Crippen LogP contribution in [0.25, 0.3) is 16.2 Å². The number of ether oxygens (including phenoxy) is 1. The number of benzene rings is 1. The van der Waals surface area contributed by atoms with Gasteiger partial charge in [0.05, 0.1) is 12.3 Å². The molecule has 2 heterocycles. The number of thiazole rings is 1. The Labute approximate surface area is 176 Å². The van der Waals surface area contributed by atoms with Gasteiger partial charge in [-0.2, -0.15) is 0 Å². The van der Waals surface area contributed by atoms with Gasteiger partial charge >= 0.3 is 6.03 Å². The first kappa shape index (κ1) is 21.3. The number of fused-ring (bicyclic) bond motifs is 1. The maximum absolute atomic E-state index is 12.6. The van der Waals surface area contributed by atoms with E-state index in [1.54, 1.807) is 18.4 Å². The lowest BCUT2D eigenvalue weighted by Crippen LogP contribution is -2.49. The lowest BCUT2D eigenvalue weighted by molar-refractivity contribution is 0.145. The van der Waals surface area contributed by atoms with Gasteiger partial charge in [0.1, 0.15) is 0 Å². The molecule has 0 aliphatic heterocycles. The molecule has 0 unspecified atom stereocenters. The fraction of sp³-hybridized carbons (Fsp3) is 0.455. The second-order valence-electron chi connectivity index (χ2n) is 8.28. The zero-order chi connectivity index (χ0) is 21.0. The van der Waals surface area contributed by atoms with Gasteiger partial charge in [-0.15, -0.1) is 11.3 Å². The Morgan fingerprint density at radius 1 is 1.24 bits per heavy atom. The van der Waals surface area contributed by atoms with Gasteiger partial charge in [0.2, 0.25) is 0 Å². The van der Waals surface area contributed by atoms with Crippen LogP contribution in [0, 0.1) is 6.92 Å². The molecule has 0 fully saturated rings. The number of nitrogens with zero attached hydrogens (tertiary/aromatic N) is 3. The Morgan fingerprint density at radius 2 is 1.97 bits per heavy atom. The minimum atomic E-state index is -0.272. The topological polar surface area (TPSA) is 58.9 Å². The number of urea groups is 1. The number of carbonyl (C=O) groups is 1. The summed E-state index contributed by atoms with van der Waals surface area (Å²) in [7, 11) is 1.65. The summed E-state index contributed by atoms with van der Waals surface area (Å²) in [6.45, 7) is 9.73. The van der Waals surface area contributed by atoms with Crippen LogP contribution in [-0.4, -0.2) is 52.7 Å². The van der Waals surface area contributed by atoms with Crippen molar-refractivity contribution in [1.82, 2.24) is 19.6 Å². The van der Waals surface area contributed by atoms with Gasteiger partial charge in [-0.3, -0.25) is 4.40 Å². The van der Waals surface area contributed by atoms with Crippen LogP contribution in [0.3, 0.4) is 0 Å². The number of methoxy groups -OCH3 is 1. The number of imidazole rings is 1. The number of amides is 2. The van der Waals surface area contributed by atoms with Crippen molar-refractivity contribution in [2.75, 3.05) is 26.8 Å². The predicted molar refractivity (Wildman–Crippen MR) is 119 cm³/mol. The summed E-state index contributed by atoms with van der Waals surface area (Å²) in [5.41, 5.74) is 4.20. The van der Waals surface area contributed by atoms with E-state index in [0.717, 1.165) is 28.3 Å². The number of hydrogen-bond acceptors (Lipinski definition) is 4. The van der Waals surface area contributed by atoms with Gasteiger partial charge in [0.25, 0.3) is 0 Å². The van der Waals surface area contributed by atoms with E-state index in [1.165, 1.54) is 5.56 Å². The van der Waals surface area contributed by atoms with Gasteiger partial charge < -0.3 is 15.0 Å². The standard InChI is InChI=1S/C22H30N4O2S/c1-16-6-8-17(9-7-16)19-14-26-18(15-29-21(26)23-19)10-11-25(12-13-28-5)20(27)24-22(2,3)4/h6-9,14-15H,10-13H2,1-5H3,(H,24,27). The molecule has 7 heteroatoms. The molecule has 0 bridgehead atoms. The molecule has 3 rings (SSSR count). The molecule has 2 amide bonds. The van der Waals surface area contributed by atoms with Crippen molar-refractivity contribution >= 4 is 22.3 Å². The number of carbonyl (C=O) groups excluding carboxylic acids is 1. The third kappa shape index (κ3) is 5.58. The molecule has 0 aliphatic carbocycles. The van der Waals surface area contributed by atoms with E-state index in [1.807, 2.05) is 25.7 Å². The molecule has 0 saturated carbocycles. The number of aryl methyl sites for hydroxylation is 1. The third-order valence-electron chi connectivity index (χ3n) is 4.60. The summed E-state index contributed by atoms with van der Waals surface area (Å²) in [5, 5.41) is 5.16. The molecule has 3 aromatic rings. The van der Waals surface area contributed by atoms with Crippen LogP contribution in [0.2, 0.25) is 0 Å². The highest BCUT2D eigenvalue weighted by molar-refractivity contribution is 7.15. The normalized spacial score (nSPS) is 11.8. The van der Waals surface area contributed by atoms with Gasteiger partial charge in [-0.05, 0) is 27.7 Å². The molecule has 0 spiro atoms. The first-order valence-electron chi connectivity index (χ1n) is 9.85. The van der Waals surface area contributed by atoms with Gasteiger partial charge in [0, 0.05) is 55.0 Å². The molecule has 0 saturated heterocycles. The Bertz CT molecular complexity index is 954. The van der Waals surface area contributed by atoms with E-state index in [4.69, 9.17) is 9.72 Å². The fourth-order valence-electron chi connectivity index (χ4n) is 3.04. The van der Waals surface area contributed by atoms with Crippen LogP contribution in [-0.2, 0) is 11.2 Å². The zero-order valence-corrected chi connectivity index (χ0v) is 18.7. The molecule has 2 aromatic heterocycles. The van der Waals surface area contributed by atoms with Crippen LogP contribution in [0.5, 0.6) is 0 Å². The van der Waals surface area contributed by atoms with Crippen molar-refractivity contribution in [3.05, 3.63) is 47.1 Å². The minimum Gasteiger partial charge on any atom is -0.383 e. The van der Waals surface area contributed by atoms with E-state index in [9.17, 15) is 4.79 Å². The van der Waals surface area contributed by atoms with Crippen LogP contribution >= 0.6 is 11.3 Å². The number of aromatic nitrogens is 2. The maximum atomic E-state index is 12.6. The average molecular weight is 415 g/mol. The van der Waals surface area contributed by atoms with Crippen LogP contribution in [0.4, 0.5) is 4.79 Å². The second-order valence-corrected chi connectivity index (χ2v) is 9.12. The molecule has 1 aromatic carbocycles. The Morgan fingerprint density at radius 3 is 2.62 bits per heavy atom. The van der Waals surface area contributed by atoms with Crippen molar-refractivity contribution in [1.29, 1.82) is 0 Å². The van der Waals surface area contributed by atoms with Crippen molar-refractivity contribution < 1.29 is 9.53 Å². The van der Waals surface area contributed by atoms with E-state index in [-0.39, 0.29) is 11.6 Å². The smallest absolute Gasteiger partial charge is 0.317 e. The summed E-state index contributed by atoms with van der Waals surface area (Å²) in [6.07, 6.45) is 2.84. The highest BCUT2D eigenvalue weighted by atomic mass is 32.1. The summed E-state index contributed by atoms with van der Waals surface area (Å²) in [6, 6.07) is 8.35. The van der Waals surface area contributed by atoms with Crippen molar-refractivity contribution in [2.24, 2.45) is 0 Å². The molecule has 0 aliphatic rings. The fourth-order valence-corrected chi connectivity index (χ4v) is 3.95. The Kier molecular flexibility index (Phi) is 6.59. The average Bonchev–Trinajstić information content (AvgIpc) is 3.22. The SMILES string of the molecule is COCCN(CCc1csc2nc(-c3ccc(C)cc3)cn12)C(=O)NC(C)(C)C. The molecule has 6 nitrogen and oxygen atoms in total. The number of hydrogen-bond donors (Lipinski definition) is 1. The van der Waals surface area contributed by atoms with E-state index in [0.29, 0.717) is 19.7 Å². The molecule has 29 heavy (non-hydrogen) atoms. The zero-order valence-electron chi connectivity index (χ0n) is 17.9. The van der Waals surface area contributed by atoms with Gasteiger partial charge in [0.15, 0.2) is 4.96 Å². The van der Waals surface area contributed by atoms with E-state index < -0.39 is 0 Å². The molecular formula is C22H30N4O2S. The van der Waals surface area contributed by atoms with Crippen molar-refractivity contribution in [2.45, 2.75) is 39.7 Å². The molecule has 156 valence electrons. The van der Waals surface area contributed by atoms with E-state index >= 15 is 0 Å². The number of nitrogens with one attached hydrogen (secondary N) is 1. The van der Waals surface area contributed by atoms with Gasteiger partial charge in [-0.1, -0.05) is 29.8 Å². The lowest BCUT2D eigenvalue weighted by atomic mass is 10.1. The van der Waals surface area contributed by atoms with E-state index in [2.05, 4.69) is 52.5 Å². The summed E-state index contributed by atoms with van der Waals surface area (Å²) in [4.78, 5) is 20.2. The highest BCUT2D eigenvalue weighted by Gasteiger charge is 2.20. The molecule has 1 N–H and O–H groups in total. The quantitative estimate of drug-likeness (QED) is 0.624. The summed E-state index contributed by atoms with van der Waals surface area (Å²) >= 11 is 1.63. The van der Waals surface area contributed by atoms with Crippen molar-refractivity contribution in [3.63, 3.8) is 0 Å². The van der Waals surface area contributed by atoms with Crippen LogP contribution in [0.1, 0.15) is 32.0 Å². The first-order valence-corrected chi connectivity index (χ1v) is 10.7. The maximum Gasteiger partial charge on any atom is 0.317 e. The van der Waals surface area contributed by atoms with Crippen LogP contribution in [0.15, 0.2) is 35.8 Å². The van der Waals surface area contributed by atoms with Crippen molar-refractivity contribution in [3.8, 4) is 11.3 Å². The highest BCUT2D eigenvalue weighted by Crippen LogP contribution is 2.24. The third-order valence-corrected chi connectivity index (χ3v) is 5.49. The Balaban J connectivity index is 1.74. The Hall–Kier alpha value is -2.38. The summed E-state index contributed by atoms with van der Waals surface area (Å²) < 4.78 is 7.32. The molecular weight excluding hydrogens is 384 g/mol.